The molecule has 0 saturated carbocycles. The van der Waals surface area contributed by atoms with E-state index in [9.17, 15) is 9.18 Å². The molecule has 0 aromatic heterocycles. The van der Waals surface area contributed by atoms with Crippen LogP contribution in [0.25, 0.3) is 0 Å². The maximum atomic E-state index is 13.9. The molecule has 4 heteroatoms. The van der Waals surface area contributed by atoms with Gasteiger partial charge in [0.25, 0.3) is 0 Å². The van der Waals surface area contributed by atoms with Crippen LogP contribution in [0.2, 0.25) is 0 Å². The van der Waals surface area contributed by atoms with E-state index in [1.165, 1.54) is 6.07 Å². The number of hydrogen-bond donors (Lipinski definition) is 1. The summed E-state index contributed by atoms with van der Waals surface area (Å²) in [5.74, 6) is -0.512. The predicted octanol–water partition coefficient (Wildman–Crippen LogP) is 2.55. The Hall–Kier alpha value is -2.20. The number of nitrogens with two attached hydrogens (primary N) is 1. The molecule has 3 nitrogen and oxygen atoms in total. The second kappa shape index (κ2) is 4.72. The van der Waals surface area contributed by atoms with E-state index < -0.39 is 12.1 Å². The van der Waals surface area contributed by atoms with Gasteiger partial charge in [-0.05, 0) is 30.7 Å². The Morgan fingerprint density at radius 3 is 2.60 bits per heavy atom. The van der Waals surface area contributed by atoms with Gasteiger partial charge in [-0.25, -0.2) is 4.39 Å². The molecule has 102 valence electrons. The Balaban J connectivity index is 2.02. The largest absolute Gasteiger partial charge is 0.318 e. The van der Waals surface area contributed by atoms with E-state index in [1.54, 1.807) is 23.1 Å². The molecule has 0 radical (unpaired) electrons. The van der Waals surface area contributed by atoms with Crippen molar-refractivity contribution in [3.63, 3.8) is 0 Å². The van der Waals surface area contributed by atoms with Gasteiger partial charge in [0.05, 0.1) is 6.04 Å². The van der Waals surface area contributed by atoms with E-state index >= 15 is 0 Å². The van der Waals surface area contributed by atoms with Gasteiger partial charge in [-0.1, -0.05) is 30.3 Å². The second-order valence-electron chi connectivity index (χ2n) is 5.04. The average Bonchev–Trinajstić information content (AvgIpc) is 2.45. The number of benzene rings is 2. The number of hydrogen-bond acceptors (Lipinski definition) is 2. The summed E-state index contributed by atoms with van der Waals surface area (Å²) in [6.45, 7) is 1.95. The Labute approximate surface area is 116 Å². The van der Waals surface area contributed by atoms with E-state index in [0.29, 0.717) is 5.56 Å². The molecule has 0 aliphatic carbocycles. The molecule has 2 N–H and O–H groups in total. The Morgan fingerprint density at radius 2 is 1.90 bits per heavy atom. The van der Waals surface area contributed by atoms with Crippen LogP contribution in [0.5, 0.6) is 0 Å². The van der Waals surface area contributed by atoms with Crippen molar-refractivity contribution in [1.29, 1.82) is 0 Å². The lowest BCUT2D eigenvalue weighted by Crippen LogP contribution is -2.63. The molecule has 0 spiro atoms. The molecule has 1 aliphatic rings. The van der Waals surface area contributed by atoms with Crippen LogP contribution in [-0.2, 0) is 4.79 Å². The Morgan fingerprint density at radius 1 is 1.15 bits per heavy atom. The predicted molar refractivity (Wildman–Crippen MR) is 75.8 cm³/mol. The van der Waals surface area contributed by atoms with Crippen LogP contribution >= 0.6 is 0 Å². The first-order valence-corrected chi connectivity index (χ1v) is 6.49. The fourth-order valence-electron chi connectivity index (χ4n) is 2.62. The highest BCUT2D eigenvalue weighted by atomic mass is 19.1. The summed E-state index contributed by atoms with van der Waals surface area (Å²) in [5.41, 5.74) is 8.13. The standard InChI is InChI=1S/C16H15FN2O/c1-10-5-4-6-11(9-10)19-15(14(18)16(19)20)12-7-2-3-8-13(12)17/h2-9,14-15H,18H2,1H3/t14-,15-/m1/s1. The molecule has 2 aromatic rings. The molecule has 1 amide bonds. The summed E-state index contributed by atoms with van der Waals surface area (Å²) < 4.78 is 13.9. The van der Waals surface area contributed by atoms with E-state index in [2.05, 4.69) is 0 Å². The van der Waals surface area contributed by atoms with Crippen molar-refractivity contribution >= 4 is 11.6 Å². The quantitative estimate of drug-likeness (QED) is 0.852. The first-order valence-electron chi connectivity index (χ1n) is 6.49. The monoisotopic (exact) mass is 270 g/mol. The number of carbonyl (C=O) groups is 1. The number of anilines is 1. The van der Waals surface area contributed by atoms with Gasteiger partial charge in [-0.15, -0.1) is 0 Å². The van der Waals surface area contributed by atoms with Gasteiger partial charge in [0, 0.05) is 11.3 Å². The minimum atomic E-state index is -0.688. The number of β-lactam (4-membered cyclic amide) rings is 1. The van der Waals surface area contributed by atoms with Gasteiger partial charge in [0.1, 0.15) is 11.9 Å². The van der Waals surface area contributed by atoms with Crippen molar-refractivity contribution in [1.82, 2.24) is 0 Å². The fraction of sp³-hybridized carbons (Fsp3) is 0.188. The molecule has 1 saturated heterocycles. The first kappa shape index (κ1) is 12.8. The third-order valence-electron chi connectivity index (χ3n) is 3.64. The number of aryl methyl sites for hydroxylation is 1. The van der Waals surface area contributed by atoms with Crippen molar-refractivity contribution < 1.29 is 9.18 Å². The SMILES string of the molecule is Cc1cccc(N2C(=O)[C@H](N)[C@H]2c2ccccc2F)c1. The van der Waals surface area contributed by atoms with Gasteiger partial charge in [-0.3, -0.25) is 4.79 Å². The number of carbonyl (C=O) groups excluding carboxylic acids is 1. The minimum Gasteiger partial charge on any atom is -0.318 e. The molecular weight excluding hydrogens is 255 g/mol. The average molecular weight is 270 g/mol. The van der Waals surface area contributed by atoms with Gasteiger partial charge in [0.2, 0.25) is 5.91 Å². The zero-order valence-corrected chi connectivity index (χ0v) is 11.1. The van der Waals surface area contributed by atoms with Crippen molar-refractivity contribution in [2.75, 3.05) is 4.90 Å². The van der Waals surface area contributed by atoms with Crippen molar-refractivity contribution in [2.45, 2.75) is 19.0 Å². The summed E-state index contributed by atoms with van der Waals surface area (Å²) in [6.07, 6.45) is 0. The lowest BCUT2D eigenvalue weighted by Gasteiger charge is -2.45. The summed E-state index contributed by atoms with van der Waals surface area (Å²) in [5, 5.41) is 0. The summed E-state index contributed by atoms with van der Waals surface area (Å²) in [7, 11) is 0. The highest BCUT2D eigenvalue weighted by molar-refractivity contribution is 6.05. The van der Waals surface area contributed by atoms with Gasteiger partial charge in [0.15, 0.2) is 0 Å². The summed E-state index contributed by atoms with van der Waals surface area (Å²) >= 11 is 0. The lowest BCUT2D eigenvalue weighted by molar-refractivity contribution is -0.126. The van der Waals surface area contributed by atoms with Gasteiger partial charge in [-0.2, -0.15) is 0 Å². The van der Waals surface area contributed by atoms with Crippen LogP contribution < -0.4 is 10.6 Å². The molecule has 2 atom stereocenters. The third-order valence-corrected chi connectivity index (χ3v) is 3.64. The number of rotatable bonds is 2. The molecule has 0 bridgehead atoms. The Kier molecular flexibility index (Phi) is 3.03. The van der Waals surface area contributed by atoms with Crippen LogP contribution in [0.3, 0.4) is 0 Å². The first-order chi connectivity index (χ1) is 9.59. The summed E-state index contributed by atoms with van der Waals surface area (Å²) in [6, 6.07) is 12.9. The normalized spacial score (nSPS) is 21.8. The topological polar surface area (TPSA) is 46.3 Å². The third kappa shape index (κ3) is 1.89. The lowest BCUT2D eigenvalue weighted by atomic mass is 9.88. The number of halogens is 1. The Bertz CT molecular complexity index is 671. The molecule has 1 heterocycles. The van der Waals surface area contributed by atoms with Crippen molar-refractivity contribution in [3.05, 3.63) is 65.5 Å². The number of nitrogens with zero attached hydrogens (tertiary/aromatic N) is 1. The fourth-order valence-corrected chi connectivity index (χ4v) is 2.62. The van der Waals surface area contributed by atoms with Crippen molar-refractivity contribution in [2.24, 2.45) is 5.73 Å². The van der Waals surface area contributed by atoms with E-state index in [-0.39, 0.29) is 11.7 Å². The zero-order valence-electron chi connectivity index (χ0n) is 11.1. The number of amides is 1. The molecule has 3 rings (SSSR count). The highest BCUT2D eigenvalue weighted by Crippen LogP contribution is 2.39. The van der Waals surface area contributed by atoms with E-state index in [4.69, 9.17) is 5.73 Å². The minimum absolute atomic E-state index is 0.177. The second-order valence-corrected chi connectivity index (χ2v) is 5.04. The van der Waals surface area contributed by atoms with Crippen LogP contribution in [-0.4, -0.2) is 11.9 Å². The van der Waals surface area contributed by atoms with E-state index in [0.717, 1.165) is 11.3 Å². The molecule has 1 fully saturated rings. The molecule has 0 unspecified atom stereocenters. The smallest absolute Gasteiger partial charge is 0.247 e. The van der Waals surface area contributed by atoms with Crippen molar-refractivity contribution in [3.8, 4) is 0 Å². The summed E-state index contributed by atoms with van der Waals surface area (Å²) in [4.78, 5) is 13.6. The van der Waals surface area contributed by atoms with Crippen LogP contribution in [0.15, 0.2) is 48.5 Å². The van der Waals surface area contributed by atoms with Crippen LogP contribution in [0.4, 0.5) is 10.1 Å². The maximum absolute atomic E-state index is 13.9. The van der Waals surface area contributed by atoms with Crippen LogP contribution in [0, 0.1) is 12.7 Å². The maximum Gasteiger partial charge on any atom is 0.247 e. The highest BCUT2D eigenvalue weighted by Gasteiger charge is 2.47. The van der Waals surface area contributed by atoms with Crippen LogP contribution in [0.1, 0.15) is 17.2 Å². The van der Waals surface area contributed by atoms with Gasteiger partial charge < -0.3 is 10.6 Å². The molecule has 1 aliphatic heterocycles. The van der Waals surface area contributed by atoms with Gasteiger partial charge >= 0.3 is 0 Å². The molecule has 20 heavy (non-hydrogen) atoms. The van der Waals surface area contributed by atoms with E-state index in [1.807, 2.05) is 31.2 Å². The zero-order chi connectivity index (χ0) is 14.3. The molecule has 2 aromatic carbocycles. The molecular formula is C16H15FN2O.